The van der Waals surface area contributed by atoms with Crippen molar-refractivity contribution >= 4 is 5.91 Å². The molecule has 0 bridgehead atoms. The number of carbonyl (C=O) groups excluding carboxylic acids is 1. The molecule has 7 heteroatoms. The van der Waals surface area contributed by atoms with Gasteiger partial charge in [0.05, 0.1) is 19.3 Å². The van der Waals surface area contributed by atoms with Crippen LogP contribution in [0.25, 0.3) is 0 Å². The van der Waals surface area contributed by atoms with Crippen LogP contribution in [0.2, 0.25) is 0 Å². The van der Waals surface area contributed by atoms with Crippen LogP contribution < -0.4 is 20.1 Å². The second-order valence-electron chi connectivity index (χ2n) is 6.43. The molecule has 2 unspecified atom stereocenters. The molecule has 0 radical (unpaired) electrons. The first-order valence-electron chi connectivity index (χ1n) is 9.28. The molecule has 0 aliphatic carbocycles. The molecule has 1 fully saturated rings. The third-order valence-electron chi connectivity index (χ3n) is 4.68. The molecule has 2 atom stereocenters. The van der Waals surface area contributed by atoms with E-state index in [0.29, 0.717) is 37.6 Å². The van der Waals surface area contributed by atoms with Gasteiger partial charge in [-0.2, -0.15) is 0 Å². The second kappa shape index (κ2) is 10.4. The van der Waals surface area contributed by atoms with Crippen LogP contribution in [0.1, 0.15) is 25.8 Å². The Kier molecular flexibility index (Phi) is 8.15. The first-order chi connectivity index (χ1) is 12.6. The lowest BCUT2D eigenvalue weighted by Crippen LogP contribution is -2.40. The van der Waals surface area contributed by atoms with Crippen molar-refractivity contribution in [1.29, 1.82) is 0 Å². The number of hydrogen-bond acceptors (Lipinski definition) is 6. The van der Waals surface area contributed by atoms with Crippen molar-refractivity contribution in [2.75, 3.05) is 39.9 Å². The monoisotopic (exact) mass is 365 g/mol. The molecule has 7 nitrogen and oxygen atoms in total. The zero-order chi connectivity index (χ0) is 18.9. The summed E-state index contributed by atoms with van der Waals surface area (Å²) < 4.78 is 11.3. The van der Waals surface area contributed by atoms with Crippen LogP contribution in [0.4, 0.5) is 0 Å². The van der Waals surface area contributed by atoms with Gasteiger partial charge in [-0.3, -0.25) is 4.79 Å². The minimum Gasteiger partial charge on any atom is -0.493 e. The van der Waals surface area contributed by atoms with Crippen molar-refractivity contribution in [3.05, 3.63) is 23.8 Å². The van der Waals surface area contributed by atoms with Crippen LogP contribution >= 0.6 is 0 Å². The van der Waals surface area contributed by atoms with E-state index in [0.717, 1.165) is 25.2 Å². The van der Waals surface area contributed by atoms with Crippen molar-refractivity contribution in [2.24, 2.45) is 0 Å². The van der Waals surface area contributed by atoms with Gasteiger partial charge in [0, 0.05) is 19.6 Å². The second-order valence-corrected chi connectivity index (χ2v) is 6.43. The summed E-state index contributed by atoms with van der Waals surface area (Å²) in [5, 5.41) is 15.4. The maximum atomic E-state index is 12.1. The van der Waals surface area contributed by atoms with E-state index in [2.05, 4.69) is 29.4 Å². The average Bonchev–Trinajstić information content (AvgIpc) is 3.10. The van der Waals surface area contributed by atoms with Crippen molar-refractivity contribution in [2.45, 2.75) is 39.0 Å². The largest absolute Gasteiger partial charge is 0.493 e. The fraction of sp³-hybridized carbons (Fsp3) is 0.632. The van der Waals surface area contributed by atoms with Gasteiger partial charge in [-0.05, 0) is 37.2 Å². The maximum absolute atomic E-state index is 12.1. The van der Waals surface area contributed by atoms with Gasteiger partial charge in [0.2, 0.25) is 5.91 Å². The summed E-state index contributed by atoms with van der Waals surface area (Å²) in [4.78, 5) is 14.4. The Morgan fingerprint density at radius 3 is 2.73 bits per heavy atom. The SMILES string of the molecule is CCN(CC)CCOc1ccc(CNC(=O)C2CC(O)CN2)cc1OC. The average molecular weight is 365 g/mol. The van der Waals surface area contributed by atoms with E-state index in [9.17, 15) is 9.90 Å². The van der Waals surface area contributed by atoms with Gasteiger partial charge in [0.25, 0.3) is 0 Å². The van der Waals surface area contributed by atoms with Crippen LogP contribution in [0.5, 0.6) is 11.5 Å². The lowest BCUT2D eigenvalue weighted by molar-refractivity contribution is -0.123. The van der Waals surface area contributed by atoms with Gasteiger partial charge >= 0.3 is 0 Å². The molecule has 1 aromatic rings. The Morgan fingerprint density at radius 2 is 2.12 bits per heavy atom. The third-order valence-corrected chi connectivity index (χ3v) is 4.68. The highest BCUT2D eigenvalue weighted by atomic mass is 16.5. The van der Waals surface area contributed by atoms with E-state index in [1.54, 1.807) is 7.11 Å². The summed E-state index contributed by atoms with van der Waals surface area (Å²) in [6.07, 6.45) is 0.00712. The number of β-amino-alcohol motifs (C(OH)–C–C–N with tert-alkyl or cyclic N) is 1. The molecule has 1 heterocycles. The first-order valence-corrected chi connectivity index (χ1v) is 9.28. The van der Waals surface area contributed by atoms with Gasteiger partial charge in [0.1, 0.15) is 6.61 Å². The van der Waals surface area contributed by atoms with E-state index < -0.39 is 6.10 Å². The molecule has 3 N–H and O–H groups in total. The molecule has 0 spiro atoms. The number of nitrogens with zero attached hydrogens (tertiary/aromatic N) is 1. The summed E-state index contributed by atoms with van der Waals surface area (Å²) in [7, 11) is 1.61. The summed E-state index contributed by atoms with van der Waals surface area (Å²) in [6.45, 7) is 8.61. The van der Waals surface area contributed by atoms with Gasteiger partial charge in [-0.1, -0.05) is 19.9 Å². The van der Waals surface area contributed by atoms with Gasteiger partial charge in [0.15, 0.2) is 11.5 Å². The van der Waals surface area contributed by atoms with Gasteiger partial charge in [-0.25, -0.2) is 0 Å². The molecule has 146 valence electrons. The van der Waals surface area contributed by atoms with Crippen LogP contribution in [0.3, 0.4) is 0 Å². The highest BCUT2D eigenvalue weighted by Gasteiger charge is 2.27. The fourth-order valence-corrected chi connectivity index (χ4v) is 2.99. The Hall–Kier alpha value is -1.83. The van der Waals surface area contributed by atoms with Gasteiger partial charge < -0.3 is 30.1 Å². The van der Waals surface area contributed by atoms with Crippen molar-refractivity contribution in [3.8, 4) is 11.5 Å². The van der Waals surface area contributed by atoms with Crippen LogP contribution in [0, 0.1) is 0 Å². The summed E-state index contributed by atoms with van der Waals surface area (Å²) in [5.74, 6) is 1.26. The number of ether oxygens (including phenoxy) is 2. The van der Waals surface area contributed by atoms with E-state index in [4.69, 9.17) is 9.47 Å². The molecule has 1 aliphatic rings. The molecule has 1 saturated heterocycles. The number of aliphatic hydroxyl groups is 1. The van der Waals surface area contributed by atoms with Crippen molar-refractivity contribution in [1.82, 2.24) is 15.5 Å². The fourth-order valence-electron chi connectivity index (χ4n) is 2.99. The number of methoxy groups -OCH3 is 1. The predicted octanol–water partition coefficient (Wildman–Crippen LogP) is 0.755. The van der Waals surface area contributed by atoms with E-state index in [1.807, 2.05) is 18.2 Å². The highest BCUT2D eigenvalue weighted by molar-refractivity contribution is 5.82. The lowest BCUT2D eigenvalue weighted by atomic mass is 10.1. The molecule has 1 amide bonds. The number of aliphatic hydroxyl groups excluding tert-OH is 1. The Balaban J connectivity index is 1.86. The topological polar surface area (TPSA) is 83.1 Å². The molecular formula is C19H31N3O4. The summed E-state index contributed by atoms with van der Waals surface area (Å²) >= 11 is 0. The zero-order valence-electron chi connectivity index (χ0n) is 16.0. The number of rotatable bonds is 10. The number of carbonyl (C=O) groups is 1. The molecule has 2 rings (SSSR count). The molecular weight excluding hydrogens is 334 g/mol. The molecule has 0 aromatic heterocycles. The number of likely N-dealkylation sites (N-methyl/N-ethyl adjacent to an activating group) is 1. The minimum atomic E-state index is -0.446. The van der Waals surface area contributed by atoms with Crippen molar-refractivity contribution in [3.63, 3.8) is 0 Å². The molecule has 26 heavy (non-hydrogen) atoms. The standard InChI is InChI=1S/C19H31N3O4/c1-4-22(5-2)8-9-26-17-7-6-14(10-18(17)25-3)12-21-19(24)16-11-15(23)13-20-16/h6-7,10,15-16,20,23H,4-5,8-9,11-13H2,1-3H3,(H,21,24). The summed E-state index contributed by atoms with van der Waals surface area (Å²) in [6, 6.07) is 5.35. The minimum absolute atomic E-state index is 0.0972. The zero-order valence-corrected chi connectivity index (χ0v) is 16.0. The Bertz CT molecular complexity index is 578. The third kappa shape index (κ3) is 5.86. The number of hydrogen-bond donors (Lipinski definition) is 3. The van der Waals surface area contributed by atoms with Crippen molar-refractivity contribution < 1.29 is 19.4 Å². The van der Waals surface area contributed by atoms with Crippen LogP contribution in [-0.4, -0.2) is 68.0 Å². The van der Waals surface area contributed by atoms with E-state index in [1.165, 1.54) is 0 Å². The normalized spacial score (nSPS) is 19.6. The number of benzene rings is 1. The smallest absolute Gasteiger partial charge is 0.237 e. The Morgan fingerprint density at radius 1 is 1.35 bits per heavy atom. The van der Waals surface area contributed by atoms with Crippen LogP contribution in [-0.2, 0) is 11.3 Å². The van der Waals surface area contributed by atoms with Gasteiger partial charge in [-0.15, -0.1) is 0 Å². The summed E-state index contributed by atoms with van der Waals surface area (Å²) in [5.41, 5.74) is 0.935. The predicted molar refractivity (Wildman–Crippen MR) is 101 cm³/mol. The van der Waals surface area contributed by atoms with E-state index in [-0.39, 0.29) is 11.9 Å². The maximum Gasteiger partial charge on any atom is 0.237 e. The lowest BCUT2D eigenvalue weighted by Gasteiger charge is -2.19. The van der Waals surface area contributed by atoms with Crippen LogP contribution in [0.15, 0.2) is 18.2 Å². The molecule has 0 saturated carbocycles. The Labute approximate surface area is 155 Å². The highest BCUT2D eigenvalue weighted by Crippen LogP contribution is 2.28. The first kappa shape index (κ1) is 20.5. The molecule has 1 aromatic carbocycles. The van der Waals surface area contributed by atoms with E-state index >= 15 is 0 Å². The number of nitrogens with one attached hydrogen (secondary N) is 2. The quantitative estimate of drug-likeness (QED) is 0.568. The molecule has 1 aliphatic heterocycles. The number of amides is 1.